The minimum absolute atomic E-state index is 0.0108. The van der Waals surface area contributed by atoms with E-state index in [1.165, 1.54) is 12.1 Å². The van der Waals surface area contributed by atoms with Crippen molar-refractivity contribution in [1.82, 2.24) is 9.37 Å². The van der Waals surface area contributed by atoms with E-state index in [9.17, 15) is 31.2 Å². The molecule has 2 aliphatic rings. The SMILES string of the molecule is N[C@@H]1CCN(C(=O)[C@@H](N(OC(=O)C(F)(F)F)S(=O)(=O)c2ccc(OCC3CCCCC3)cc2)C(F)(F)c2ccc(Cl)cc2)C1. The van der Waals surface area contributed by atoms with E-state index in [2.05, 4.69) is 4.84 Å². The van der Waals surface area contributed by atoms with E-state index in [0.29, 0.717) is 12.5 Å². The van der Waals surface area contributed by atoms with Crippen molar-refractivity contribution in [3.05, 3.63) is 59.1 Å². The second kappa shape index (κ2) is 13.5. The van der Waals surface area contributed by atoms with Gasteiger partial charge in [0.25, 0.3) is 15.9 Å². The van der Waals surface area contributed by atoms with Gasteiger partial charge in [0.2, 0.25) is 6.04 Å². The van der Waals surface area contributed by atoms with Gasteiger partial charge in [-0.3, -0.25) is 4.79 Å². The Hall–Kier alpha value is -3.01. The van der Waals surface area contributed by atoms with Crippen molar-refractivity contribution in [3.63, 3.8) is 0 Å². The molecule has 242 valence electrons. The smallest absolute Gasteiger partial charge is 0.492 e. The van der Waals surface area contributed by atoms with Gasteiger partial charge in [0.15, 0.2) is 0 Å². The lowest BCUT2D eigenvalue weighted by atomic mass is 9.90. The third kappa shape index (κ3) is 7.79. The number of sulfonamides is 1. The Balaban J connectivity index is 1.75. The lowest BCUT2D eigenvalue weighted by Gasteiger charge is -2.35. The van der Waals surface area contributed by atoms with E-state index in [1.807, 2.05) is 0 Å². The minimum atomic E-state index is -5.80. The highest BCUT2D eigenvalue weighted by Crippen LogP contribution is 2.40. The number of nitrogens with zero attached hydrogens (tertiary/aromatic N) is 2. The van der Waals surface area contributed by atoms with Crippen LogP contribution in [-0.4, -0.2) is 67.6 Å². The second-order valence-electron chi connectivity index (χ2n) is 10.8. The van der Waals surface area contributed by atoms with E-state index >= 15 is 8.78 Å². The molecule has 4 rings (SSSR count). The summed E-state index contributed by atoms with van der Waals surface area (Å²) in [7, 11) is -5.55. The predicted octanol–water partition coefficient (Wildman–Crippen LogP) is 5.03. The Bertz CT molecular complexity index is 1420. The number of amides is 1. The number of likely N-dealkylation sites (tertiary alicyclic amines) is 1. The van der Waals surface area contributed by atoms with Crippen molar-refractivity contribution in [2.24, 2.45) is 11.7 Å². The van der Waals surface area contributed by atoms with Crippen molar-refractivity contribution < 1.29 is 49.5 Å². The summed E-state index contributed by atoms with van der Waals surface area (Å²) in [6.07, 6.45) is -0.477. The molecule has 9 nitrogen and oxygen atoms in total. The Morgan fingerprint density at radius 2 is 1.59 bits per heavy atom. The highest BCUT2D eigenvalue weighted by atomic mass is 35.5. The van der Waals surface area contributed by atoms with Crippen LogP contribution in [0.25, 0.3) is 0 Å². The zero-order chi connectivity index (χ0) is 32.3. The van der Waals surface area contributed by atoms with Crippen molar-refractivity contribution in [1.29, 1.82) is 0 Å². The van der Waals surface area contributed by atoms with Gasteiger partial charge in [-0.1, -0.05) is 43.0 Å². The molecule has 2 atom stereocenters. The number of nitrogens with two attached hydrogens (primary N) is 1. The molecule has 2 fully saturated rings. The molecule has 0 bridgehead atoms. The summed E-state index contributed by atoms with van der Waals surface area (Å²) in [6, 6.07) is 3.80. The summed E-state index contributed by atoms with van der Waals surface area (Å²) in [4.78, 5) is 29.7. The number of rotatable bonds is 10. The van der Waals surface area contributed by atoms with Gasteiger partial charge in [-0.15, -0.1) is 0 Å². The van der Waals surface area contributed by atoms with E-state index in [4.69, 9.17) is 22.1 Å². The quantitative estimate of drug-likeness (QED) is 0.279. The van der Waals surface area contributed by atoms with Crippen LogP contribution in [0, 0.1) is 5.92 Å². The van der Waals surface area contributed by atoms with Crippen LogP contribution in [0.1, 0.15) is 44.1 Å². The summed E-state index contributed by atoms with van der Waals surface area (Å²) in [5.74, 6) is -8.76. The monoisotopic (exact) mass is 667 g/mol. The third-order valence-electron chi connectivity index (χ3n) is 7.53. The average Bonchev–Trinajstić information content (AvgIpc) is 3.42. The first-order valence-corrected chi connectivity index (χ1v) is 15.7. The van der Waals surface area contributed by atoms with E-state index in [1.54, 1.807) is 0 Å². The van der Waals surface area contributed by atoms with Gasteiger partial charge in [-0.2, -0.15) is 22.0 Å². The van der Waals surface area contributed by atoms with Gasteiger partial charge in [0.1, 0.15) is 5.75 Å². The lowest BCUT2D eigenvalue weighted by molar-refractivity contribution is -0.239. The first-order valence-electron chi connectivity index (χ1n) is 13.9. The maximum absolute atomic E-state index is 16.2. The van der Waals surface area contributed by atoms with Gasteiger partial charge in [-0.05, 0) is 66.0 Å². The van der Waals surface area contributed by atoms with Gasteiger partial charge in [0, 0.05) is 29.7 Å². The average molecular weight is 668 g/mol. The lowest BCUT2D eigenvalue weighted by Crippen LogP contribution is -2.58. The first kappa shape index (κ1) is 33.9. The largest absolute Gasteiger partial charge is 0.493 e. The fraction of sp³-hybridized carbons (Fsp3) is 0.500. The molecule has 1 saturated carbocycles. The summed E-state index contributed by atoms with van der Waals surface area (Å²) in [6.45, 7) is -0.134. The van der Waals surface area contributed by atoms with Crippen LogP contribution in [0.4, 0.5) is 22.0 Å². The van der Waals surface area contributed by atoms with Gasteiger partial charge in [0.05, 0.1) is 11.5 Å². The molecule has 1 saturated heterocycles. The molecule has 44 heavy (non-hydrogen) atoms. The molecule has 2 N–H and O–H groups in total. The molecular formula is C28H31ClF5N3O6S. The number of hydroxylamine groups is 1. The number of alkyl halides is 5. The Morgan fingerprint density at radius 3 is 2.14 bits per heavy atom. The number of ether oxygens (including phenoxy) is 1. The van der Waals surface area contributed by atoms with Crippen LogP contribution < -0.4 is 10.5 Å². The van der Waals surface area contributed by atoms with E-state index in [0.717, 1.165) is 73.4 Å². The van der Waals surface area contributed by atoms with Crippen LogP contribution in [0.15, 0.2) is 53.4 Å². The maximum atomic E-state index is 16.2. The number of carbonyl (C=O) groups is 2. The normalized spacial score (nSPS) is 19.2. The van der Waals surface area contributed by atoms with Crippen molar-refractivity contribution >= 4 is 33.5 Å². The molecule has 2 aromatic carbocycles. The Kier molecular flexibility index (Phi) is 10.4. The van der Waals surface area contributed by atoms with Gasteiger partial charge in [-0.25, -0.2) is 13.2 Å². The number of carbonyl (C=O) groups excluding carboxylic acids is 2. The van der Waals surface area contributed by atoms with Crippen LogP contribution in [0.3, 0.4) is 0 Å². The molecule has 0 unspecified atom stereocenters. The van der Waals surface area contributed by atoms with Crippen molar-refractivity contribution in [2.75, 3.05) is 19.7 Å². The zero-order valence-electron chi connectivity index (χ0n) is 23.3. The van der Waals surface area contributed by atoms with Gasteiger partial charge >= 0.3 is 18.1 Å². The van der Waals surface area contributed by atoms with Crippen LogP contribution >= 0.6 is 11.6 Å². The molecule has 0 spiro atoms. The number of halogens is 6. The molecule has 0 radical (unpaired) electrons. The van der Waals surface area contributed by atoms with E-state index in [-0.39, 0.29) is 30.3 Å². The summed E-state index contributed by atoms with van der Waals surface area (Å²) < 4.78 is 105. The number of hydrogen-bond donors (Lipinski definition) is 1. The standard InChI is InChI=1S/C28H31ClF5N3O6S/c29-20-8-6-19(7-9-20)27(30,31)24(25(38)36-15-14-21(35)16-36)37(43-26(39)28(32,33)34)44(40,41)23-12-10-22(11-13-23)42-17-18-4-2-1-3-5-18/h6-13,18,21,24H,1-5,14-17,35H2/t21-,24-/m1/s1. The summed E-state index contributed by atoms with van der Waals surface area (Å²) in [5.41, 5.74) is 4.83. The highest BCUT2D eigenvalue weighted by molar-refractivity contribution is 7.89. The zero-order valence-corrected chi connectivity index (χ0v) is 24.9. The maximum Gasteiger partial charge on any atom is 0.492 e. The Morgan fingerprint density at radius 1 is 0.977 bits per heavy atom. The topological polar surface area (TPSA) is 119 Å². The molecule has 0 aromatic heterocycles. The molecule has 1 aliphatic carbocycles. The van der Waals surface area contributed by atoms with E-state index < -0.39 is 61.0 Å². The first-order chi connectivity index (χ1) is 20.6. The summed E-state index contributed by atoms with van der Waals surface area (Å²) in [5, 5.41) is 0.0108. The Labute approximate surface area is 256 Å². The fourth-order valence-corrected chi connectivity index (χ4v) is 6.60. The van der Waals surface area contributed by atoms with Crippen LogP contribution in [0.2, 0.25) is 5.02 Å². The molecular weight excluding hydrogens is 637 g/mol. The highest BCUT2D eigenvalue weighted by Gasteiger charge is 2.58. The fourth-order valence-electron chi connectivity index (χ4n) is 5.12. The molecule has 1 aliphatic heterocycles. The molecule has 16 heteroatoms. The van der Waals surface area contributed by atoms with Crippen molar-refractivity contribution in [3.8, 4) is 5.75 Å². The number of hydrogen-bond acceptors (Lipinski definition) is 7. The second-order valence-corrected chi connectivity index (χ2v) is 13.0. The third-order valence-corrected chi connectivity index (χ3v) is 9.41. The minimum Gasteiger partial charge on any atom is -0.493 e. The van der Waals surface area contributed by atoms with Crippen LogP contribution in [0.5, 0.6) is 5.75 Å². The summed E-state index contributed by atoms with van der Waals surface area (Å²) >= 11 is 5.79. The number of benzene rings is 2. The van der Waals surface area contributed by atoms with Crippen LogP contribution in [-0.2, 0) is 30.4 Å². The van der Waals surface area contributed by atoms with Crippen molar-refractivity contribution in [2.45, 2.75) is 67.6 Å². The van der Waals surface area contributed by atoms with Gasteiger partial charge < -0.3 is 20.2 Å². The molecule has 1 heterocycles. The molecule has 1 amide bonds. The molecule has 2 aromatic rings. The predicted molar refractivity (Wildman–Crippen MR) is 148 cm³/mol.